The number of nitrogens with zero attached hydrogens (tertiary/aromatic N) is 1. The molecule has 1 aromatic carbocycles. The molecule has 2 unspecified atom stereocenters. The van der Waals surface area contributed by atoms with Crippen molar-refractivity contribution >= 4 is 5.69 Å². The fraction of sp³-hybridized carbons (Fsp3) is 0.600. The van der Waals surface area contributed by atoms with Crippen LogP contribution in [-0.4, -0.2) is 17.7 Å². The lowest BCUT2D eigenvalue weighted by Crippen LogP contribution is -2.32. The van der Waals surface area contributed by atoms with E-state index in [-0.39, 0.29) is 6.04 Å². The summed E-state index contributed by atoms with van der Waals surface area (Å²) in [6, 6.07) is 6.32. The molecule has 1 fully saturated rings. The molecular formula is C15H24N2O. The van der Waals surface area contributed by atoms with Crippen LogP contribution < -0.4 is 10.6 Å². The van der Waals surface area contributed by atoms with E-state index in [4.69, 9.17) is 5.73 Å². The third kappa shape index (κ3) is 2.78. The Morgan fingerprint density at radius 1 is 1.33 bits per heavy atom. The second-order valence-electron chi connectivity index (χ2n) is 5.42. The van der Waals surface area contributed by atoms with Crippen molar-refractivity contribution in [3.8, 4) is 5.75 Å². The predicted molar refractivity (Wildman–Crippen MR) is 76.0 cm³/mol. The van der Waals surface area contributed by atoms with Crippen LogP contribution in [0.2, 0.25) is 0 Å². The van der Waals surface area contributed by atoms with E-state index in [9.17, 15) is 5.11 Å². The number of anilines is 1. The maximum Gasteiger partial charge on any atom is 0.122 e. The molecule has 3 heteroatoms. The molecule has 2 rings (SSSR count). The molecule has 100 valence electrons. The van der Waals surface area contributed by atoms with Crippen LogP contribution in [0.1, 0.15) is 51.1 Å². The van der Waals surface area contributed by atoms with Gasteiger partial charge in [0.05, 0.1) is 0 Å². The van der Waals surface area contributed by atoms with Crippen molar-refractivity contribution in [1.82, 2.24) is 0 Å². The van der Waals surface area contributed by atoms with Crippen molar-refractivity contribution in [2.45, 2.75) is 51.6 Å². The largest absolute Gasteiger partial charge is 0.508 e. The van der Waals surface area contributed by atoms with Crippen molar-refractivity contribution in [2.75, 3.05) is 11.4 Å². The van der Waals surface area contributed by atoms with E-state index in [0.29, 0.717) is 11.8 Å². The zero-order valence-electron chi connectivity index (χ0n) is 11.4. The second-order valence-corrected chi connectivity index (χ2v) is 5.42. The molecule has 0 amide bonds. The SMILES string of the molecule is CC(N)c1ccc(N2CCCCCC2C)cc1O. The van der Waals surface area contributed by atoms with Crippen LogP contribution in [0, 0.1) is 0 Å². The lowest BCUT2D eigenvalue weighted by Gasteiger charge is -2.30. The van der Waals surface area contributed by atoms with Crippen LogP contribution in [0.15, 0.2) is 18.2 Å². The summed E-state index contributed by atoms with van der Waals surface area (Å²) in [7, 11) is 0. The number of rotatable bonds is 2. The van der Waals surface area contributed by atoms with Crippen LogP contribution in [0.4, 0.5) is 5.69 Å². The fourth-order valence-electron chi connectivity index (χ4n) is 2.75. The zero-order valence-corrected chi connectivity index (χ0v) is 11.4. The van der Waals surface area contributed by atoms with Gasteiger partial charge in [-0.15, -0.1) is 0 Å². The van der Waals surface area contributed by atoms with E-state index in [1.165, 1.54) is 25.7 Å². The highest BCUT2D eigenvalue weighted by Crippen LogP contribution is 2.31. The summed E-state index contributed by atoms with van der Waals surface area (Å²) in [6.07, 6.45) is 5.09. The van der Waals surface area contributed by atoms with Gasteiger partial charge >= 0.3 is 0 Å². The Morgan fingerprint density at radius 3 is 2.78 bits per heavy atom. The molecule has 0 saturated carbocycles. The minimum absolute atomic E-state index is 0.124. The molecular weight excluding hydrogens is 224 g/mol. The first kappa shape index (κ1) is 13.2. The lowest BCUT2D eigenvalue weighted by molar-refractivity contribution is 0.463. The first-order valence-corrected chi connectivity index (χ1v) is 6.94. The van der Waals surface area contributed by atoms with Gasteiger partial charge in [0.15, 0.2) is 0 Å². The van der Waals surface area contributed by atoms with Gasteiger partial charge in [-0.25, -0.2) is 0 Å². The number of phenols is 1. The number of hydrogen-bond donors (Lipinski definition) is 2. The highest BCUT2D eigenvalue weighted by Gasteiger charge is 2.18. The van der Waals surface area contributed by atoms with E-state index in [0.717, 1.165) is 17.8 Å². The lowest BCUT2D eigenvalue weighted by atomic mass is 10.1. The highest BCUT2D eigenvalue weighted by molar-refractivity contribution is 5.54. The van der Waals surface area contributed by atoms with Gasteiger partial charge in [-0.2, -0.15) is 0 Å². The van der Waals surface area contributed by atoms with Gasteiger partial charge in [-0.05, 0) is 32.8 Å². The predicted octanol–water partition coefficient (Wildman–Crippen LogP) is 3.18. The summed E-state index contributed by atoms with van der Waals surface area (Å²) in [6.45, 7) is 5.24. The molecule has 1 aromatic rings. The molecule has 0 aliphatic carbocycles. The fourth-order valence-corrected chi connectivity index (χ4v) is 2.75. The third-order valence-electron chi connectivity index (χ3n) is 3.89. The Balaban J connectivity index is 2.24. The Morgan fingerprint density at radius 2 is 2.11 bits per heavy atom. The van der Waals surface area contributed by atoms with Gasteiger partial charge in [-0.1, -0.05) is 18.9 Å². The molecule has 3 nitrogen and oxygen atoms in total. The highest BCUT2D eigenvalue weighted by atomic mass is 16.3. The first-order chi connectivity index (χ1) is 8.59. The number of aromatic hydroxyl groups is 1. The van der Waals surface area contributed by atoms with Crippen molar-refractivity contribution in [3.63, 3.8) is 0 Å². The Bertz CT molecular complexity index is 403. The van der Waals surface area contributed by atoms with Crippen LogP contribution in [0.5, 0.6) is 5.75 Å². The average Bonchev–Trinajstić information content (AvgIpc) is 2.53. The van der Waals surface area contributed by atoms with E-state index >= 15 is 0 Å². The summed E-state index contributed by atoms with van der Waals surface area (Å²) in [4.78, 5) is 2.40. The summed E-state index contributed by atoms with van der Waals surface area (Å²) in [5.74, 6) is 0.318. The molecule has 2 atom stereocenters. The molecule has 1 aliphatic rings. The molecule has 0 aromatic heterocycles. The topological polar surface area (TPSA) is 49.5 Å². The summed E-state index contributed by atoms with van der Waals surface area (Å²) in [5, 5.41) is 10.0. The van der Waals surface area contributed by atoms with Crippen LogP contribution in [0.3, 0.4) is 0 Å². The van der Waals surface area contributed by atoms with E-state index in [1.54, 1.807) is 0 Å². The monoisotopic (exact) mass is 248 g/mol. The van der Waals surface area contributed by atoms with Gasteiger partial charge in [0.1, 0.15) is 5.75 Å². The molecule has 0 bridgehead atoms. The molecule has 1 saturated heterocycles. The molecule has 0 spiro atoms. The van der Waals surface area contributed by atoms with Gasteiger partial charge in [0.25, 0.3) is 0 Å². The first-order valence-electron chi connectivity index (χ1n) is 6.94. The van der Waals surface area contributed by atoms with Crippen molar-refractivity contribution in [3.05, 3.63) is 23.8 Å². The molecule has 0 radical (unpaired) electrons. The van der Waals surface area contributed by atoms with Gasteiger partial charge in [0.2, 0.25) is 0 Å². The minimum atomic E-state index is -0.124. The van der Waals surface area contributed by atoms with Crippen LogP contribution in [0.25, 0.3) is 0 Å². The van der Waals surface area contributed by atoms with Gasteiger partial charge in [-0.3, -0.25) is 0 Å². The van der Waals surface area contributed by atoms with Crippen molar-refractivity contribution < 1.29 is 5.11 Å². The normalized spacial score (nSPS) is 22.6. The smallest absolute Gasteiger partial charge is 0.122 e. The van der Waals surface area contributed by atoms with E-state index in [2.05, 4.69) is 17.9 Å². The third-order valence-corrected chi connectivity index (χ3v) is 3.89. The van der Waals surface area contributed by atoms with Crippen molar-refractivity contribution in [2.24, 2.45) is 5.73 Å². The summed E-state index contributed by atoms with van der Waals surface area (Å²) in [5.41, 5.74) is 7.76. The molecule has 3 N–H and O–H groups in total. The summed E-state index contributed by atoms with van der Waals surface area (Å²) >= 11 is 0. The second kappa shape index (κ2) is 5.61. The zero-order chi connectivity index (χ0) is 13.1. The van der Waals surface area contributed by atoms with Gasteiger partial charge < -0.3 is 15.7 Å². The average molecular weight is 248 g/mol. The van der Waals surface area contributed by atoms with Gasteiger partial charge in [0, 0.05) is 35.9 Å². The number of hydrogen-bond acceptors (Lipinski definition) is 3. The Hall–Kier alpha value is -1.22. The van der Waals surface area contributed by atoms with Crippen molar-refractivity contribution in [1.29, 1.82) is 0 Å². The van der Waals surface area contributed by atoms with E-state index in [1.807, 2.05) is 19.1 Å². The summed E-state index contributed by atoms with van der Waals surface area (Å²) < 4.78 is 0. The standard InChI is InChI=1S/C15H24N2O/c1-11-6-4-3-5-9-17(11)13-7-8-14(12(2)16)15(18)10-13/h7-8,10-12,18H,3-6,9,16H2,1-2H3. The molecule has 18 heavy (non-hydrogen) atoms. The number of nitrogens with two attached hydrogens (primary N) is 1. The molecule has 1 aliphatic heterocycles. The van der Waals surface area contributed by atoms with Crippen LogP contribution >= 0.6 is 0 Å². The number of benzene rings is 1. The minimum Gasteiger partial charge on any atom is -0.508 e. The Labute approximate surface area is 110 Å². The molecule has 1 heterocycles. The maximum atomic E-state index is 10.0. The maximum absolute atomic E-state index is 10.0. The van der Waals surface area contributed by atoms with E-state index < -0.39 is 0 Å². The number of phenolic OH excluding ortho intramolecular Hbond substituents is 1. The van der Waals surface area contributed by atoms with Crippen LogP contribution in [-0.2, 0) is 0 Å². The quantitative estimate of drug-likeness (QED) is 0.845. The Kier molecular flexibility index (Phi) is 4.12.